The summed E-state index contributed by atoms with van der Waals surface area (Å²) in [5.74, 6) is -1.52. The number of alkyl halides is 3. The molecule has 1 aliphatic carbocycles. The quantitative estimate of drug-likeness (QED) is 0.0598. The number of anilines is 1. The number of carbonyl (C=O) groups is 3. The third-order valence-corrected chi connectivity index (χ3v) is 11.6. The second-order valence-corrected chi connectivity index (χ2v) is 15.9. The molecular formula is C45H48F3N7O6. The molecule has 8 rings (SSSR count). The number of nitrogens with zero attached hydrogens (tertiary/aromatic N) is 5. The fraction of sp³-hybridized carbons (Fsp3) is 0.400. The number of ketones is 1. The minimum absolute atomic E-state index is 0.0255. The summed E-state index contributed by atoms with van der Waals surface area (Å²) in [5, 5.41) is 15.8. The van der Waals surface area contributed by atoms with Crippen LogP contribution in [-0.4, -0.2) is 112 Å². The van der Waals surface area contributed by atoms with Gasteiger partial charge in [-0.15, -0.1) is 0 Å². The zero-order chi connectivity index (χ0) is 42.5. The number of ether oxygens (including phenoxy) is 2. The summed E-state index contributed by atoms with van der Waals surface area (Å²) in [6.45, 7) is 6.24. The van der Waals surface area contributed by atoms with Crippen LogP contribution >= 0.6 is 0 Å². The van der Waals surface area contributed by atoms with Crippen LogP contribution in [-0.2, 0) is 22.5 Å². The molecule has 13 nitrogen and oxygen atoms in total. The first kappa shape index (κ1) is 42.0. The molecule has 3 aromatic carbocycles. The molecule has 61 heavy (non-hydrogen) atoms. The molecule has 0 unspecified atom stereocenters. The monoisotopic (exact) mass is 839 g/mol. The molecule has 0 bridgehead atoms. The van der Waals surface area contributed by atoms with Gasteiger partial charge in [0.05, 0.1) is 31.3 Å². The summed E-state index contributed by atoms with van der Waals surface area (Å²) in [6.07, 6.45) is 1.82. The van der Waals surface area contributed by atoms with Gasteiger partial charge in [0.15, 0.2) is 0 Å². The molecule has 5 aromatic rings. The van der Waals surface area contributed by atoms with E-state index in [1.165, 1.54) is 11.6 Å². The van der Waals surface area contributed by atoms with Crippen LogP contribution in [0.5, 0.6) is 11.5 Å². The van der Waals surface area contributed by atoms with Gasteiger partial charge < -0.3 is 24.5 Å². The van der Waals surface area contributed by atoms with Gasteiger partial charge in [-0.05, 0) is 73.1 Å². The highest BCUT2D eigenvalue weighted by Gasteiger charge is 2.33. The van der Waals surface area contributed by atoms with E-state index in [-0.39, 0.29) is 41.5 Å². The minimum Gasteiger partial charge on any atom is -0.457 e. The smallest absolute Gasteiger partial charge is 0.390 e. The Morgan fingerprint density at radius 3 is 2.38 bits per heavy atom. The van der Waals surface area contributed by atoms with Gasteiger partial charge in [0.1, 0.15) is 17.1 Å². The summed E-state index contributed by atoms with van der Waals surface area (Å²) in [6, 6.07) is 20.7. The number of carbonyl (C=O) groups excluding carboxylic acids is 3. The van der Waals surface area contributed by atoms with Gasteiger partial charge >= 0.3 is 6.18 Å². The summed E-state index contributed by atoms with van der Waals surface area (Å²) < 4.78 is 52.4. The molecule has 2 aromatic heterocycles. The average Bonchev–Trinajstić information content (AvgIpc) is 3.62. The standard InChI is InChI=1S/C45H48F3N7O6/c46-45(47,48)16-17-49-44-50-26-36-37(28-55(41(36)51-44)32-11-13-33(56)14-12-32)31-9-7-30(8-10-31)27-54-20-18-53(19-21-54)22-24-60-23-15-29-3-1-4-34(25-29)61-38-6-2-5-35-39(38)42(58)52-43(59)40(35)57/h1-10,25-26,28,32-33,56H,11-24,27H2,(H,49,50,51)(H,52,58,59). The highest BCUT2D eigenvalue weighted by Crippen LogP contribution is 2.37. The summed E-state index contributed by atoms with van der Waals surface area (Å²) in [5.41, 5.74) is 4.91. The van der Waals surface area contributed by atoms with Crippen molar-refractivity contribution in [1.82, 2.24) is 29.7 Å². The van der Waals surface area contributed by atoms with Crippen molar-refractivity contribution in [3.05, 3.63) is 101 Å². The Morgan fingerprint density at radius 1 is 0.852 bits per heavy atom. The maximum Gasteiger partial charge on any atom is 0.390 e. The molecule has 320 valence electrons. The van der Waals surface area contributed by atoms with Crippen molar-refractivity contribution in [2.24, 2.45) is 0 Å². The lowest BCUT2D eigenvalue weighted by atomic mass is 9.93. The molecule has 0 atom stereocenters. The number of piperazine rings is 1. The van der Waals surface area contributed by atoms with E-state index in [0.29, 0.717) is 43.9 Å². The molecule has 2 fully saturated rings. The number of aliphatic hydroxyl groups excluding tert-OH is 1. The predicted octanol–water partition coefficient (Wildman–Crippen LogP) is 6.56. The number of hydrogen-bond donors (Lipinski definition) is 3. The van der Waals surface area contributed by atoms with Crippen LogP contribution in [0.3, 0.4) is 0 Å². The Morgan fingerprint density at radius 2 is 1.61 bits per heavy atom. The van der Waals surface area contributed by atoms with Crippen LogP contribution < -0.4 is 15.4 Å². The summed E-state index contributed by atoms with van der Waals surface area (Å²) in [4.78, 5) is 50.4. The molecule has 4 heterocycles. The maximum absolute atomic E-state index is 12.8. The number of nitrogens with one attached hydrogen (secondary N) is 2. The molecule has 3 N–H and O–H groups in total. The first-order valence-corrected chi connectivity index (χ1v) is 20.8. The van der Waals surface area contributed by atoms with E-state index in [1.54, 1.807) is 24.4 Å². The molecule has 1 saturated carbocycles. The van der Waals surface area contributed by atoms with Gasteiger partial charge in [0.25, 0.3) is 17.6 Å². The summed E-state index contributed by atoms with van der Waals surface area (Å²) >= 11 is 0. The molecule has 3 aliphatic rings. The SMILES string of the molecule is O=C1NC(=O)c2c(Oc3cccc(CCOCCN4CCN(Cc5ccc(-c6cn(C7CCC(O)CC7)c7nc(NCCC(F)(F)F)ncc67)cc5)CC4)c3)cccc2C1=O. The normalized spacial score (nSPS) is 18.9. The van der Waals surface area contributed by atoms with Crippen molar-refractivity contribution < 1.29 is 42.1 Å². The Balaban J connectivity index is 0.796. The Labute approximate surface area is 350 Å². The third-order valence-electron chi connectivity index (χ3n) is 11.6. The minimum atomic E-state index is -4.27. The van der Waals surface area contributed by atoms with Crippen molar-refractivity contribution in [2.45, 2.75) is 63.4 Å². The number of amides is 2. The summed E-state index contributed by atoms with van der Waals surface area (Å²) in [7, 11) is 0. The largest absolute Gasteiger partial charge is 0.457 e. The van der Waals surface area contributed by atoms with Crippen molar-refractivity contribution in [3.63, 3.8) is 0 Å². The highest BCUT2D eigenvalue weighted by molar-refractivity contribution is 6.49. The van der Waals surface area contributed by atoms with Gasteiger partial charge in [-0.1, -0.05) is 42.5 Å². The van der Waals surface area contributed by atoms with E-state index in [9.17, 15) is 32.7 Å². The van der Waals surface area contributed by atoms with Gasteiger partial charge in [0.2, 0.25) is 5.95 Å². The first-order valence-electron chi connectivity index (χ1n) is 20.8. The van der Waals surface area contributed by atoms with Crippen LogP contribution in [0.15, 0.2) is 79.1 Å². The van der Waals surface area contributed by atoms with Gasteiger partial charge in [-0.25, -0.2) is 4.98 Å². The van der Waals surface area contributed by atoms with Gasteiger partial charge in [0, 0.05) is 80.8 Å². The second kappa shape index (κ2) is 18.5. The predicted molar refractivity (Wildman–Crippen MR) is 222 cm³/mol. The number of Topliss-reactive ketones (excluding diaryl/α,β-unsaturated/α-hetero) is 1. The molecule has 0 radical (unpaired) electrons. The number of aliphatic hydroxyl groups is 1. The number of aromatic nitrogens is 3. The van der Waals surface area contributed by atoms with Gasteiger partial charge in [-0.3, -0.25) is 29.5 Å². The van der Waals surface area contributed by atoms with Crippen molar-refractivity contribution in [3.8, 4) is 22.6 Å². The molecule has 16 heteroatoms. The molecular weight excluding hydrogens is 792 g/mol. The van der Waals surface area contributed by atoms with Gasteiger partial charge in [-0.2, -0.15) is 18.2 Å². The first-order chi connectivity index (χ1) is 29.5. The topological polar surface area (TPSA) is 151 Å². The molecule has 2 amide bonds. The zero-order valence-corrected chi connectivity index (χ0v) is 33.6. The second-order valence-electron chi connectivity index (χ2n) is 15.9. The molecule has 0 spiro atoms. The van der Waals surface area contributed by atoms with Crippen LogP contribution in [0.2, 0.25) is 0 Å². The number of halogens is 3. The lowest BCUT2D eigenvalue weighted by molar-refractivity contribution is -0.131. The van der Waals surface area contributed by atoms with Crippen LogP contribution in [0, 0.1) is 0 Å². The fourth-order valence-corrected chi connectivity index (χ4v) is 8.26. The zero-order valence-electron chi connectivity index (χ0n) is 33.6. The number of imide groups is 1. The molecule has 2 aliphatic heterocycles. The van der Waals surface area contributed by atoms with Crippen molar-refractivity contribution >= 4 is 34.6 Å². The van der Waals surface area contributed by atoms with Crippen molar-refractivity contribution in [1.29, 1.82) is 0 Å². The number of rotatable bonds is 15. The van der Waals surface area contributed by atoms with Crippen LogP contribution in [0.1, 0.15) is 70.0 Å². The Hall–Kier alpha value is -5.68. The van der Waals surface area contributed by atoms with E-state index in [4.69, 9.17) is 9.47 Å². The van der Waals surface area contributed by atoms with E-state index in [2.05, 4.69) is 65.4 Å². The Bertz CT molecular complexity index is 2370. The van der Waals surface area contributed by atoms with E-state index in [1.807, 2.05) is 18.2 Å². The maximum atomic E-state index is 12.8. The Kier molecular flexibility index (Phi) is 12.8. The van der Waals surface area contributed by atoms with E-state index in [0.717, 1.165) is 74.2 Å². The van der Waals surface area contributed by atoms with Crippen LogP contribution in [0.4, 0.5) is 19.1 Å². The average molecular weight is 840 g/mol. The van der Waals surface area contributed by atoms with Crippen molar-refractivity contribution in [2.75, 3.05) is 57.8 Å². The number of benzene rings is 3. The van der Waals surface area contributed by atoms with E-state index < -0.39 is 30.2 Å². The van der Waals surface area contributed by atoms with E-state index >= 15 is 0 Å². The molecule has 1 saturated heterocycles. The number of fused-ring (bicyclic) bond motifs is 2. The lowest BCUT2D eigenvalue weighted by Crippen LogP contribution is -2.46. The lowest BCUT2D eigenvalue weighted by Gasteiger charge is -2.34. The fourth-order valence-electron chi connectivity index (χ4n) is 8.26. The third kappa shape index (κ3) is 10.3. The van der Waals surface area contributed by atoms with Crippen LogP contribution in [0.25, 0.3) is 22.2 Å². The highest BCUT2D eigenvalue weighted by atomic mass is 19.4. The number of hydrogen-bond acceptors (Lipinski definition) is 11.